The fraction of sp³-hybridized carbons (Fsp3) is 0.267. The van der Waals surface area contributed by atoms with E-state index in [1.165, 1.54) is 10.6 Å². The predicted molar refractivity (Wildman–Crippen MR) is 74.9 cm³/mol. The minimum atomic E-state index is -0.375. The third-order valence-corrected chi connectivity index (χ3v) is 3.00. The van der Waals surface area contributed by atoms with Crippen LogP contribution in [0.2, 0.25) is 0 Å². The lowest BCUT2D eigenvalue weighted by Gasteiger charge is -2.07. The normalized spacial score (nSPS) is 10.8. The van der Waals surface area contributed by atoms with E-state index in [2.05, 4.69) is 5.32 Å². The topological polar surface area (TPSA) is 54.3 Å². The standard InChI is InChI=1S/C15H17FN2O2/c1-17-9-11-8-14(12-4-2-3-5-13(12)16)18(10-11)15(20)6-7-19/h2-5,8,10,17,19H,6-7,9H2,1H3. The number of aliphatic hydroxyl groups excluding tert-OH is 1. The van der Waals surface area contributed by atoms with E-state index in [0.717, 1.165) is 5.56 Å². The number of hydrogen-bond donors (Lipinski definition) is 2. The lowest BCUT2D eigenvalue weighted by atomic mass is 10.1. The molecule has 5 heteroatoms. The quantitative estimate of drug-likeness (QED) is 0.878. The molecule has 1 aromatic heterocycles. The van der Waals surface area contributed by atoms with E-state index in [9.17, 15) is 9.18 Å². The van der Waals surface area contributed by atoms with Gasteiger partial charge in [-0.1, -0.05) is 12.1 Å². The molecule has 1 aromatic carbocycles. The first kappa shape index (κ1) is 14.4. The van der Waals surface area contributed by atoms with Crippen LogP contribution in [-0.4, -0.2) is 29.2 Å². The van der Waals surface area contributed by atoms with E-state index in [1.54, 1.807) is 37.5 Å². The molecule has 2 rings (SSSR count). The molecule has 0 bridgehead atoms. The van der Waals surface area contributed by atoms with Crippen molar-refractivity contribution in [1.29, 1.82) is 0 Å². The minimum absolute atomic E-state index is 0.00905. The molecule has 0 radical (unpaired) electrons. The molecule has 106 valence electrons. The van der Waals surface area contributed by atoms with Crippen LogP contribution in [0, 0.1) is 5.82 Å². The van der Waals surface area contributed by atoms with Crippen LogP contribution in [0.1, 0.15) is 16.8 Å². The van der Waals surface area contributed by atoms with Crippen molar-refractivity contribution in [3.05, 3.63) is 47.9 Å². The summed E-state index contributed by atoms with van der Waals surface area (Å²) in [4.78, 5) is 12.0. The smallest absolute Gasteiger partial charge is 0.233 e. The average molecular weight is 276 g/mol. The van der Waals surface area contributed by atoms with Gasteiger partial charge >= 0.3 is 0 Å². The second-order valence-electron chi connectivity index (χ2n) is 4.48. The summed E-state index contributed by atoms with van der Waals surface area (Å²) in [5, 5.41) is 11.9. The number of rotatable bonds is 5. The third-order valence-electron chi connectivity index (χ3n) is 3.00. The van der Waals surface area contributed by atoms with Crippen LogP contribution in [-0.2, 0) is 6.54 Å². The Morgan fingerprint density at radius 2 is 2.15 bits per heavy atom. The molecule has 20 heavy (non-hydrogen) atoms. The number of benzene rings is 1. The van der Waals surface area contributed by atoms with E-state index in [4.69, 9.17) is 5.11 Å². The molecule has 0 amide bonds. The molecule has 0 saturated carbocycles. The van der Waals surface area contributed by atoms with Gasteiger partial charge in [0.2, 0.25) is 5.91 Å². The molecule has 0 spiro atoms. The van der Waals surface area contributed by atoms with Crippen molar-refractivity contribution in [2.75, 3.05) is 13.7 Å². The number of nitrogens with zero attached hydrogens (tertiary/aromatic N) is 1. The molecular formula is C15H17FN2O2. The molecule has 2 N–H and O–H groups in total. The highest BCUT2D eigenvalue weighted by molar-refractivity contribution is 5.85. The van der Waals surface area contributed by atoms with E-state index in [-0.39, 0.29) is 24.8 Å². The first-order valence-electron chi connectivity index (χ1n) is 6.42. The molecule has 4 nitrogen and oxygen atoms in total. The van der Waals surface area contributed by atoms with Crippen LogP contribution in [0.25, 0.3) is 11.3 Å². The number of aliphatic hydroxyl groups is 1. The van der Waals surface area contributed by atoms with Crippen LogP contribution >= 0.6 is 0 Å². The van der Waals surface area contributed by atoms with Crippen molar-refractivity contribution in [3.8, 4) is 11.3 Å². The zero-order chi connectivity index (χ0) is 14.5. The molecule has 1 heterocycles. The summed E-state index contributed by atoms with van der Waals surface area (Å²) in [7, 11) is 1.80. The molecule has 0 aliphatic heterocycles. The summed E-state index contributed by atoms with van der Waals surface area (Å²) in [6.07, 6.45) is 1.69. The third kappa shape index (κ3) is 2.95. The fourth-order valence-corrected chi connectivity index (χ4v) is 2.12. The minimum Gasteiger partial charge on any atom is -0.396 e. The van der Waals surface area contributed by atoms with Crippen LogP contribution in [0.15, 0.2) is 36.5 Å². The maximum atomic E-state index is 13.9. The number of halogens is 1. The van der Waals surface area contributed by atoms with Crippen LogP contribution in [0.4, 0.5) is 4.39 Å². The van der Waals surface area contributed by atoms with Crippen molar-refractivity contribution >= 4 is 5.91 Å². The SMILES string of the molecule is CNCc1cc(-c2ccccc2F)n(C(=O)CCO)c1. The molecule has 0 atom stereocenters. The lowest BCUT2D eigenvalue weighted by Crippen LogP contribution is -2.12. The maximum Gasteiger partial charge on any atom is 0.233 e. The largest absolute Gasteiger partial charge is 0.396 e. The Bertz CT molecular complexity index is 608. The van der Waals surface area contributed by atoms with Gasteiger partial charge in [-0.2, -0.15) is 0 Å². The molecular weight excluding hydrogens is 259 g/mol. The molecule has 0 saturated heterocycles. The molecule has 0 aliphatic rings. The number of hydrogen-bond acceptors (Lipinski definition) is 3. The highest BCUT2D eigenvalue weighted by Crippen LogP contribution is 2.25. The van der Waals surface area contributed by atoms with Crippen LogP contribution in [0.3, 0.4) is 0 Å². The van der Waals surface area contributed by atoms with E-state index >= 15 is 0 Å². The summed E-state index contributed by atoms with van der Waals surface area (Å²) in [5.41, 5.74) is 1.77. The Balaban J connectivity index is 2.50. The van der Waals surface area contributed by atoms with Gasteiger partial charge in [0.15, 0.2) is 0 Å². The molecule has 0 unspecified atom stereocenters. The number of carbonyl (C=O) groups is 1. The fourth-order valence-electron chi connectivity index (χ4n) is 2.12. The summed E-state index contributed by atoms with van der Waals surface area (Å²) in [6, 6.07) is 8.11. The second-order valence-corrected chi connectivity index (χ2v) is 4.48. The van der Waals surface area contributed by atoms with Gasteiger partial charge in [0.1, 0.15) is 5.82 Å². The Kier molecular flexibility index (Phi) is 4.65. The van der Waals surface area contributed by atoms with Gasteiger partial charge in [0.05, 0.1) is 18.7 Å². The van der Waals surface area contributed by atoms with Crippen molar-refractivity contribution in [3.63, 3.8) is 0 Å². The lowest BCUT2D eigenvalue weighted by molar-refractivity contribution is 0.0877. The van der Waals surface area contributed by atoms with E-state index < -0.39 is 0 Å². The van der Waals surface area contributed by atoms with E-state index in [0.29, 0.717) is 17.8 Å². The molecule has 0 aliphatic carbocycles. The van der Waals surface area contributed by atoms with Crippen LogP contribution in [0.5, 0.6) is 0 Å². The monoisotopic (exact) mass is 276 g/mol. The van der Waals surface area contributed by atoms with Gasteiger partial charge in [0, 0.05) is 18.3 Å². The predicted octanol–water partition coefficient (Wildman–Crippen LogP) is 2.04. The zero-order valence-corrected chi connectivity index (χ0v) is 11.3. The van der Waals surface area contributed by atoms with Gasteiger partial charge in [-0.05, 0) is 30.8 Å². The highest BCUT2D eigenvalue weighted by Gasteiger charge is 2.15. The van der Waals surface area contributed by atoms with Crippen molar-refractivity contribution in [2.24, 2.45) is 0 Å². The first-order valence-corrected chi connectivity index (χ1v) is 6.42. The molecule has 2 aromatic rings. The number of aromatic nitrogens is 1. The Morgan fingerprint density at radius 3 is 2.80 bits per heavy atom. The first-order chi connectivity index (χ1) is 9.67. The Morgan fingerprint density at radius 1 is 1.40 bits per heavy atom. The summed E-state index contributed by atoms with van der Waals surface area (Å²) >= 11 is 0. The van der Waals surface area contributed by atoms with Gasteiger partial charge < -0.3 is 10.4 Å². The average Bonchev–Trinajstić information content (AvgIpc) is 2.84. The Hall–Kier alpha value is -1.98. The summed E-state index contributed by atoms with van der Waals surface area (Å²) in [6.45, 7) is 0.357. The van der Waals surface area contributed by atoms with Gasteiger partial charge in [-0.25, -0.2) is 4.39 Å². The summed E-state index contributed by atoms with van der Waals surface area (Å²) in [5.74, 6) is -0.632. The van der Waals surface area contributed by atoms with E-state index in [1.807, 2.05) is 0 Å². The van der Waals surface area contributed by atoms with Gasteiger partial charge in [-0.15, -0.1) is 0 Å². The van der Waals surface area contributed by atoms with Crippen molar-refractivity contribution < 1.29 is 14.3 Å². The summed E-state index contributed by atoms with van der Waals surface area (Å²) < 4.78 is 15.3. The second kappa shape index (κ2) is 6.45. The zero-order valence-electron chi connectivity index (χ0n) is 11.3. The molecule has 0 fully saturated rings. The van der Waals surface area contributed by atoms with Crippen molar-refractivity contribution in [1.82, 2.24) is 9.88 Å². The van der Waals surface area contributed by atoms with Gasteiger partial charge in [0.25, 0.3) is 0 Å². The number of nitrogens with one attached hydrogen (secondary N) is 1. The highest BCUT2D eigenvalue weighted by atomic mass is 19.1. The van der Waals surface area contributed by atoms with Crippen LogP contribution < -0.4 is 5.32 Å². The maximum absolute atomic E-state index is 13.9. The number of carbonyl (C=O) groups excluding carboxylic acids is 1. The van der Waals surface area contributed by atoms with Crippen molar-refractivity contribution in [2.45, 2.75) is 13.0 Å². The Labute approximate surface area is 116 Å². The van der Waals surface area contributed by atoms with Gasteiger partial charge in [-0.3, -0.25) is 9.36 Å².